The van der Waals surface area contributed by atoms with Crippen molar-refractivity contribution in [3.63, 3.8) is 0 Å². The third-order valence-electron chi connectivity index (χ3n) is 7.18. The Kier molecular flexibility index (Phi) is 7.50. The number of hydrogen-bond acceptors (Lipinski definition) is 3. The predicted molar refractivity (Wildman–Crippen MR) is 134 cm³/mol. The van der Waals surface area contributed by atoms with Gasteiger partial charge in [-0.2, -0.15) is 0 Å². The summed E-state index contributed by atoms with van der Waals surface area (Å²) in [5, 5.41) is 5.36. The normalized spacial score (nSPS) is 16.8. The van der Waals surface area contributed by atoms with Crippen LogP contribution in [0.25, 0.3) is 0 Å². The van der Waals surface area contributed by atoms with E-state index < -0.39 is 6.03 Å². The van der Waals surface area contributed by atoms with Crippen LogP contribution in [0, 0.1) is 12.3 Å². The maximum Gasteiger partial charge on any atom is 0.319 e. The summed E-state index contributed by atoms with van der Waals surface area (Å²) in [6, 6.07) is 16.1. The molecule has 2 N–H and O–H groups in total. The third-order valence-corrected chi connectivity index (χ3v) is 7.18. The Bertz CT molecular complexity index is 1010. The molecule has 0 radical (unpaired) electrons. The number of para-hydroxylation sites is 1. The third kappa shape index (κ3) is 5.95. The van der Waals surface area contributed by atoms with Gasteiger partial charge in [-0.1, -0.05) is 43.2 Å². The van der Waals surface area contributed by atoms with E-state index >= 15 is 0 Å². The van der Waals surface area contributed by atoms with E-state index in [0.29, 0.717) is 16.8 Å². The van der Waals surface area contributed by atoms with Gasteiger partial charge < -0.3 is 20.4 Å². The van der Waals surface area contributed by atoms with Crippen LogP contribution in [0.1, 0.15) is 44.1 Å². The van der Waals surface area contributed by atoms with E-state index in [2.05, 4.69) is 10.6 Å². The molecule has 1 saturated heterocycles. The number of piperidine rings is 1. The number of likely N-dealkylation sites (tertiary alicyclic amines) is 1. The van der Waals surface area contributed by atoms with Crippen LogP contribution in [0.5, 0.6) is 0 Å². The smallest absolute Gasteiger partial charge is 0.319 e. The number of benzene rings is 2. The van der Waals surface area contributed by atoms with Crippen molar-refractivity contribution in [2.45, 2.75) is 45.4 Å². The highest BCUT2D eigenvalue weighted by Gasteiger charge is 2.38. The monoisotopic (exact) mass is 462 g/mol. The molecule has 2 aromatic carbocycles. The highest BCUT2D eigenvalue weighted by Crippen LogP contribution is 2.46. The molecule has 4 amide bonds. The molecule has 0 unspecified atom stereocenters. The van der Waals surface area contributed by atoms with Crippen LogP contribution in [0.15, 0.2) is 54.6 Å². The summed E-state index contributed by atoms with van der Waals surface area (Å²) < 4.78 is 0. The number of carbonyl (C=O) groups excluding carboxylic acids is 3. The van der Waals surface area contributed by atoms with Gasteiger partial charge in [0.05, 0.1) is 6.54 Å². The molecule has 1 spiro atoms. The lowest BCUT2D eigenvalue weighted by Crippen LogP contribution is -2.49. The van der Waals surface area contributed by atoms with Crippen LogP contribution < -0.4 is 15.5 Å². The van der Waals surface area contributed by atoms with E-state index in [1.807, 2.05) is 60.4 Å². The van der Waals surface area contributed by atoms with E-state index in [0.717, 1.165) is 31.5 Å². The molecule has 2 fully saturated rings. The molecule has 1 saturated carbocycles. The summed E-state index contributed by atoms with van der Waals surface area (Å²) >= 11 is 0. The topological polar surface area (TPSA) is 81.8 Å². The number of nitrogens with zero attached hydrogens (tertiary/aromatic N) is 2. The second kappa shape index (κ2) is 10.7. The predicted octanol–water partition coefficient (Wildman–Crippen LogP) is 4.33. The van der Waals surface area contributed by atoms with Crippen molar-refractivity contribution in [3.8, 4) is 0 Å². The number of urea groups is 1. The van der Waals surface area contributed by atoms with Crippen LogP contribution in [-0.4, -0.2) is 48.9 Å². The number of carbonyl (C=O) groups is 3. The Hall–Kier alpha value is -3.35. The van der Waals surface area contributed by atoms with E-state index in [-0.39, 0.29) is 24.9 Å². The van der Waals surface area contributed by atoms with Crippen LogP contribution in [-0.2, 0) is 9.59 Å². The van der Waals surface area contributed by atoms with E-state index in [1.54, 1.807) is 6.07 Å². The summed E-state index contributed by atoms with van der Waals surface area (Å²) in [4.78, 5) is 41.9. The minimum atomic E-state index is -0.462. The lowest BCUT2D eigenvalue weighted by atomic mass is 9.77. The Balaban J connectivity index is 1.35. The van der Waals surface area contributed by atoms with Gasteiger partial charge >= 0.3 is 6.03 Å². The molecule has 1 aliphatic heterocycles. The molecule has 7 nitrogen and oxygen atoms in total. The zero-order valence-corrected chi connectivity index (χ0v) is 19.9. The van der Waals surface area contributed by atoms with E-state index in [9.17, 15) is 14.4 Å². The Morgan fingerprint density at radius 3 is 2.32 bits per heavy atom. The molecule has 0 atom stereocenters. The van der Waals surface area contributed by atoms with Gasteiger partial charge in [-0.15, -0.1) is 0 Å². The van der Waals surface area contributed by atoms with Gasteiger partial charge in [-0.05, 0) is 67.9 Å². The molecular weight excluding hydrogens is 428 g/mol. The van der Waals surface area contributed by atoms with Crippen LogP contribution in [0.4, 0.5) is 16.2 Å². The molecule has 2 aliphatic rings. The SMILES string of the molecule is Cc1cccc(NC(=O)NCC(=O)N(CC(=O)N2CCC3(CCCC3)CC2)c2ccccc2)c1. The zero-order chi connectivity index (χ0) is 24.0. The summed E-state index contributed by atoms with van der Waals surface area (Å²) in [5.41, 5.74) is 2.76. The number of rotatable bonds is 6. The maximum absolute atomic E-state index is 13.1. The summed E-state index contributed by atoms with van der Waals surface area (Å²) in [7, 11) is 0. The number of nitrogens with one attached hydrogen (secondary N) is 2. The van der Waals surface area contributed by atoms with Crippen molar-refractivity contribution in [2.75, 3.05) is 36.4 Å². The van der Waals surface area contributed by atoms with Gasteiger partial charge in [-0.3, -0.25) is 9.59 Å². The Morgan fingerprint density at radius 2 is 1.65 bits per heavy atom. The van der Waals surface area contributed by atoms with Gasteiger partial charge in [0, 0.05) is 24.5 Å². The lowest BCUT2D eigenvalue weighted by Gasteiger charge is -2.40. The number of anilines is 2. The average Bonchev–Trinajstić information content (AvgIpc) is 3.29. The average molecular weight is 463 g/mol. The highest BCUT2D eigenvalue weighted by molar-refractivity contribution is 6.01. The Labute approximate surface area is 201 Å². The van der Waals surface area contributed by atoms with Crippen molar-refractivity contribution in [1.29, 1.82) is 0 Å². The van der Waals surface area contributed by atoms with E-state index in [1.165, 1.54) is 30.6 Å². The lowest BCUT2D eigenvalue weighted by molar-refractivity contribution is -0.133. The fourth-order valence-corrected chi connectivity index (χ4v) is 5.17. The second-order valence-corrected chi connectivity index (χ2v) is 9.58. The molecular formula is C27H34N4O3. The molecule has 34 heavy (non-hydrogen) atoms. The number of aryl methyl sites for hydroxylation is 1. The zero-order valence-electron chi connectivity index (χ0n) is 19.9. The van der Waals surface area contributed by atoms with Crippen LogP contribution in [0.2, 0.25) is 0 Å². The van der Waals surface area contributed by atoms with Crippen molar-refractivity contribution >= 4 is 29.2 Å². The fourth-order valence-electron chi connectivity index (χ4n) is 5.17. The molecule has 180 valence electrons. The summed E-state index contributed by atoms with van der Waals surface area (Å²) in [6.45, 7) is 3.22. The Morgan fingerprint density at radius 1 is 0.941 bits per heavy atom. The molecule has 4 rings (SSSR count). The van der Waals surface area contributed by atoms with Crippen LogP contribution >= 0.6 is 0 Å². The van der Waals surface area contributed by atoms with Crippen molar-refractivity contribution in [3.05, 3.63) is 60.2 Å². The van der Waals surface area contributed by atoms with Gasteiger partial charge in [0.25, 0.3) is 0 Å². The number of hydrogen-bond donors (Lipinski definition) is 2. The van der Waals surface area contributed by atoms with Crippen molar-refractivity contribution in [2.24, 2.45) is 5.41 Å². The summed E-state index contributed by atoms with van der Waals surface area (Å²) in [5.74, 6) is -0.377. The molecule has 7 heteroatoms. The highest BCUT2D eigenvalue weighted by atomic mass is 16.2. The molecule has 1 heterocycles. The van der Waals surface area contributed by atoms with Crippen molar-refractivity contribution in [1.82, 2.24) is 10.2 Å². The molecule has 0 aromatic heterocycles. The van der Waals surface area contributed by atoms with Gasteiger partial charge in [0.1, 0.15) is 6.54 Å². The molecule has 1 aliphatic carbocycles. The van der Waals surface area contributed by atoms with Gasteiger partial charge in [0.15, 0.2) is 0 Å². The first-order chi connectivity index (χ1) is 16.4. The molecule has 0 bridgehead atoms. The van der Waals surface area contributed by atoms with E-state index in [4.69, 9.17) is 0 Å². The first-order valence-electron chi connectivity index (χ1n) is 12.2. The minimum Gasteiger partial charge on any atom is -0.341 e. The van der Waals surface area contributed by atoms with Gasteiger partial charge in [0.2, 0.25) is 11.8 Å². The fraction of sp³-hybridized carbons (Fsp3) is 0.444. The largest absolute Gasteiger partial charge is 0.341 e. The van der Waals surface area contributed by atoms with Crippen LogP contribution in [0.3, 0.4) is 0 Å². The first-order valence-corrected chi connectivity index (χ1v) is 12.2. The quantitative estimate of drug-likeness (QED) is 0.670. The molecule has 2 aromatic rings. The summed E-state index contributed by atoms with van der Waals surface area (Å²) in [6.07, 6.45) is 7.26. The van der Waals surface area contributed by atoms with Crippen molar-refractivity contribution < 1.29 is 14.4 Å². The number of amides is 4. The van der Waals surface area contributed by atoms with Gasteiger partial charge in [-0.25, -0.2) is 4.79 Å². The first kappa shape index (κ1) is 23.8. The maximum atomic E-state index is 13.1. The minimum absolute atomic E-state index is 0.0307. The standard InChI is InChI=1S/C27H34N4O3/c1-21-8-7-9-22(18-21)29-26(34)28-19-24(32)31(23-10-3-2-4-11-23)20-25(33)30-16-14-27(15-17-30)12-5-6-13-27/h2-4,7-11,18H,5-6,12-17,19-20H2,1H3,(H2,28,29,34). The second-order valence-electron chi connectivity index (χ2n) is 9.58.